The van der Waals surface area contributed by atoms with Gasteiger partial charge < -0.3 is 14.7 Å². The van der Waals surface area contributed by atoms with E-state index in [0.29, 0.717) is 0 Å². The van der Waals surface area contributed by atoms with Crippen molar-refractivity contribution in [1.29, 1.82) is 0 Å². The SMILES string of the molecule is COCCN(CCC(=O)O)C(=O)c1ccccc1F. The van der Waals surface area contributed by atoms with Crippen molar-refractivity contribution in [2.45, 2.75) is 6.42 Å². The minimum absolute atomic E-state index is 0.0197. The number of amides is 1. The fourth-order valence-electron chi connectivity index (χ4n) is 1.55. The third kappa shape index (κ3) is 4.67. The van der Waals surface area contributed by atoms with E-state index in [1.165, 1.54) is 30.2 Å². The Hall–Kier alpha value is -1.95. The molecule has 0 aliphatic rings. The second-order valence-corrected chi connectivity index (χ2v) is 3.91. The Kier molecular flexibility index (Phi) is 5.95. The largest absolute Gasteiger partial charge is 0.481 e. The maximum atomic E-state index is 13.5. The number of carboxylic acids is 1. The fraction of sp³-hybridized carbons (Fsp3) is 0.385. The summed E-state index contributed by atoms with van der Waals surface area (Å²) in [6, 6.07) is 5.61. The van der Waals surface area contributed by atoms with E-state index < -0.39 is 17.7 Å². The van der Waals surface area contributed by atoms with Crippen LogP contribution >= 0.6 is 0 Å². The van der Waals surface area contributed by atoms with Crippen molar-refractivity contribution in [3.05, 3.63) is 35.6 Å². The van der Waals surface area contributed by atoms with Crippen molar-refractivity contribution in [3.8, 4) is 0 Å². The number of ether oxygens (including phenoxy) is 1. The smallest absolute Gasteiger partial charge is 0.305 e. The molecular weight excluding hydrogens is 253 g/mol. The number of hydrogen-bond acceptors (Lipinski definition) is 3. The Morgan fingerprint density at radius 2 is 2.00 bits per heavy atom. The quantitative estimate of drug-likeness (QED) is 0.812. The lowest BCUT2D eigenvalue weighted by atomic mass is 10.2. The van der Waals surface area contributed by atoms with Gasteiger partial charge in [0.2, 0.25) is 0 Å². The summed E-state index contributed by atoms with van der Waals surface area (Å²) >= 11 is 0. The minimum atomic E-state index is -1.01. The molecule has 0 radical (unpaired) electrons. The summed E-state index contributed by atoms with van der Waals surface area (Å²) in [6.07, 6.45) is -0.191. The average molecular weight is 269 g/mol. The van der Waals surface area contributed by atoms with Crippen LogP contribution < -0.4 is 0 Å². The van der Waals surface area contributed by atoms with Crippen LogP contribution in [0.3, 0.4) is 0 Å². The molecule has 0 saturated carbocycles. The maximum Gasteiger partial charge on any atom is 0.305 e. The highest BCUT2D eigenvalue weighted by molar-refractivity contribution is 5.94. The average Bonchev–Trinajstić information content (AvgIpc) is 2.38. The monoisotopic (exact) mass is 269 g/mol. The van der Waals surface area contributed by atoms with Crippen molar-refractivity contribution < 1.29 is 23.8 Å². The second kappa shape index (κ2) is 7.48. The zero-order valence-corrected chi connectivity index (χ0v) is 10.6. The van der Waals surface area contributed by atoms with E-state index in [2.05, 4.69) is 0 Å². The summed E-state index contributed by atoms with van der Waals surface area (Å²) in [7, 11) is 1.48. The molecule has 1 aromatic carbocycles. The Balaban J connectivity index is 2.81. The van der Waals surface area contributed by atoms with Gasteiger partial charge in [-0.05, 0) is 12.1 Å². The van der Waals surface area contributed by atoms with Gasteiger partial charge in [0, 0.05) is 20.2 Å². The highest BCUT2D eigenvalue weighted by atomic mass is 19.1. The van der Waals surface area contributed by atoms with Crippen molar-refractivity contribution in [3.63, 3.8) is 0 Å². The van der Waals surface area contributed by atoms with E-state index in [9.17, 15) is 14.0 Å². The van der Waals surface area contributed by atoms with Gasteiger partial charge in [-0.15, -0.1) is 0 Å². The first-order valence-electron chi connectivity index (χ1n) is 5.80. The van der Waals surface area contributed by atoms with Crippen LogP contribution in [0.4, 0.5) is 4.39 Å². The molecule has 1 aromatic rings. The first kappa shape index (κ1) is 15.1. The molecule has 0 aliphatic carbocycles. The standard InChI is InChI=1S/C13H16FNO4/c1-19-9-8-15(7-6-12(16)17)13(18)10-4-2-3-5-11(10)14/h2-5H,6-9H2,1H3,(H,16,17). The van der Waals surface area contributed by atoms with Crippen LogP contribution in [-0.4, -0.2) is 48.7 Å². The summed E-state index contributed by atoms with van der Waals surface area (Å²) in [4.78, 5) is 24.0. The summed E-state index contributed by atoms with van der Waals surface area (Å²) in [5.41, 5.74) is -0.0657. The number of methoxy groups -OCH3 is 1. The number of hydrogen-bond donors (Lipinski definition) is 1. The van der Waals surface area contributed by atoms with Gasteiger partial charge in [0.25, 0.3) is 5.91 Å². The Morgan fingerprint density at radius 3 is 2.58 bits per heavy atom. The molecule has 0 saturated heterocycles. The molecule has 5 nitrogen and oxygen atoms in total. The van der Waals surface area contributed by atoms with Gasteiger partial charge in [0.15, 0.2) is 0 Å². The molecule has 6 heteroatoms. The van der Waals surface area contributed by atoms with Gasteiger partial charge >= 0.3 is 5.97 Å². The van der Waals surface area contributed by atoms with Crippen molar-refractivity contribution in [2.75, 3.05) is 26.8 Å². The highest BCUT2D eigenvalue weighted by Crippen LogP contribution is 2.10. The number of benzene rings is 1. The van der Waals surface area contributed by atoms with Gasteiger partial charge in [0.05, 0.1) is 18.6 Å². The highest BCUT2D eigenvalue weighted by Gasteiger charge is 2.19. The number of carbonyl (C=O) groups excluding carboxylic acids is 1. The van der Waals surface area contributed by atoms with Crippen LogP contribution in [-0.2, 0) is 9.53 Å². The van der Waals surface area contributed by atoms with Crippen molar-refractivity contribution in [2.24, 2.45) is 0 Å². The summed E-state index contributed by atoms with van der Waals surface area (Å²) in [5, 5.41) is 8.65. The number of nitrogens with zero attached hydrogens (tertiary/aromatic N) is 1. The Bertz CT molecular complexity index is 450. The molecule has 0 spiro atoms. The number of rotatable bonds is 7. The zero-order chi connectivity index (χ0) is 14.3. The van der Waals surface area contributed by atoms with Crippen LogP contribution in [0.5, 0.6) is 0 Å². The minimum Gasteiger partial charge on any atom is -0.481 e. The zero-order valence-electron chi connectivity index (χ0n) is 10.6. The van der Waals surface area contributed by atoms with E-state index in [1.54, 1.807) is 6.07 Å². The molecule has 0 aliphatic heterocycles. The van der Waals surface area contributed by atoms with Gasteiger partial charge in [0.1, 0.15) is 5.82 Å². The molecule has 0 aromatic heterocycles. The van der Waals surface area contributed by atoms with Crippen LogP contribution in [0.2, 0.25) is 0 Å². The number of halogens is 1. The molecule has 1 amide bonds. The van der Waals surface area contributed by atoms with Crippen LogP contribution in [0.15, 0.2) is 24.3 Å². The van der Waals surface area contributed by atoms with E-state index in [1.807, 2.05) is 0 Å². The third-order valence-electron chi connectivity index (χ3n) is 2.55. The number of carboxylic acid groups (broad SMARTS) is 1. The summed E-state index contributed by atoms with van der Waals surface area (Å²) in [5.74, 6) is -2.16. The molecule has 1 N–H and O–H groups in total. The lowest BCUT2D eigenvalue weighted by Gasteiger charge is -2.21. The lowest BCUT2D eigenvalue weighted by Crippen LogP contribution is -2.36. The van der Waals surface area contributed by atoms with Gasteiger partial charge in [-0.2, -0.15) is 0 Å². The van der Waals surface area contributed by atoms with Crippen LogP contribution in [0, 0.1) is 5.82 Å². The topological polar surface area (TPSA) is 66.8 Å². The lowest BCUT2D eigenvalue weighted by molar-refractivity contribution is -0.137. The van der Waals surface area contributed by atoms with Gasteiger partial charge in [-0.3, -0.25) is 9.59 Å². The molecule has 1 rings (SSSR count). The molecule has 0 unspecified atom stereocenters. The van der Waals surface area contributed by atoms with Gasteiger partial charge in [-0.25, -0.2) is 4.39 Å². The Morgan fingerprint density at radius 1 is 1.32 bits per heavy atom. The van der Waals surface area contributed by atoms with E-state index in [-0.39, 0.29) is 31.7 Å². The predicted molar refractivity (Wildman–Crippen MR) is 66.4 cm³/mol. The predicted octanol–water partition coefficient (Wildman–Crippen LogP) is 1.39. The molecule has 0 atom stereocenters. The van der Waals surface area contributed by atoms with E-state index >= 15 is 0 Å². The summed E-state index contributed by atoms with van der Waals surface area (Å²) in [6.45, 7) is 0.503. The Labute approximate surface area is 110 Å². The molecule has 0 heterocycles. The number of carbonyl (C=O) groups is 2. The summed E-state index contributed by atoms with van der Waals surface area (Å²) < 4.78 is 18.4. The van der Waals surface area contributed by atoms with Gasteiger partial charge in [-0.1, -0.05) is 12.1 Å². The molecule has 0 fully saturated rings. The van der Waals surface area contributed by atoms with Crippen molar-refractivity contribution >= 4 is 11.9 Å². The molecule has 0 bridgehead atoms. The normalized spacial score (nSPS) is 10.2. The first-order valence-corrected chi connectivity index (χ1v) is 5.80. The van der Waals surface area contributed by atoms with Crippen LogP contribution in [0.1, 0.15) is 16.8 Å². The maximum absolute atomic E-state index is 13.5. The third-order valence-corrected chi connectivity index (χ3v) is 2.55. The number of aliphatic carboxylic acids is 1. The molecular formula is C13H16FNO4. The van der Waals surface area contributed by atoms with E-state index in [4.69, 9.17) is 9.84 Å². The first-order chi connectivity index (χ1) is 9.06. The molecule has 19 heavy (non-hydrogen) atoms. The van der Waals surface area contributed by atoms with E-state index in [0.717, 1.165) is 0 Å². The molecule has 104 valence electrons. The second-order valence-electron chi connectivity index (χ2n) is 3.91. The fourth-order valence-corrected chi connectivity index (χ4v) is 1.55. The van der Waals surface area contributed by atoms with Crippen LogP contribution in [0.25, 0.3) is 0 Å². The van der Waals surface area contributed by atoms with Crippen molar-refractivity contribution in [1.82, 2.24) is 4.90 Å².